The Bertz CT molecular complexity index is 932. The van der Waals surface area contributed by atoms with Crippen LogP contribution in [-0.4, -0.2) is 47.0 Å². The summed E-state index contributed by atoms with van der Waals surface area (Å²) in [5.74, 6) is 0.893. The molecular weight excluding hydrogens is 358 g/mol. The van der Waals surface area contributed by atoms with Crippen molar-refractivity contribution >= 4 is 22.3 Å². The van der Waals surface area contributed by atoms with Gasteiger partial charge in [-0.1, -0.05) is 23.8 Å². The predicted molar refractivity (Wildman–Crippen MR) is 109 cm³/mol. The monoisotopic (exact) mass is 383 g/mol. The zero-order valence-electron chi connectivity index (χ0n) is 16.0. The van der Waals surface area contributed by atoms with Gasteiger partial charge in [0.1, 0.15) is 6.10 Å². The first-order chi connectivity index (χ1) is 13.1. The van der Waals surface area contributed by atoms with Crippen LogP contribution in [0.4, 0.5) is 0 Å². The third-order valence-corrected chi connectivity index (χ3v) is 5.69. The Labute approximate surface area is 163 Å². The molecule has 0 amide bonds. The fourth-order valence-corrected chi connectivity index (χ4v) is 4.30. The predicted octanol–water partition coefficient (Wildman–Crippen LogP) is 3.16. The summed E-state index contributed by atoms with van der Waals surface area (Å²) < 4.78 is 8.11. The number of aromatic nitrogens is 2. The summed E-state index contributed by atoms with van der Waals surface area (Å²) in [6.45, 7) is 7.26. The maximum atomic E-state index is 6.06. The number of benzene rings is 1. The van der Waals surface area contributed by atoms with Gasteiger partial charge in [-0.05, 0) is 25.0 Å². The van der Waals surface area contributed by atoms with Gasteiger partial charge in [-0.3, -0.25) is 9.39 Å². The van der Waals surface area contributed by atoms with Crippen LogP contribution in [0.1, 0.15) is 28.5 Å². The first-order valence-electron chi connectivity index (χ1n) is 9.19. The molecule has 4 rings (SSSR count). The van der Waals surface area contributed by atoms with E-state index < -0.39 is 0 Å². The molecule has 6 nitrogen and oxygen atoms in total. The van der Waals surface area contributed by atoms with Crippen molar-refractivity contribution in [1.82, 2.24) is 19.6 Å². The molecule has 0 aliphatic carbocycles. The van der Waals surface area contributed by atoms with Crippen molar-refractivity contribution in [3.8, 4) is 0 Å². The van der Waals surface area contributed by atoms with Crippen LogP contribution in [0.5, 0.6) is 0 Å². The normalized spacial score (nSPS) is 18.3. The minimum atomic E-state index is 0.0656. The average Bonchev–Trinajstić information content (AvgIpc) is 3.24. The lowest BCUT2D eigenvalue weighted by Crippen LogP contribution is -2.48. The van der Waals surface area contributed by atoms with E-state index in [-0.39, 0.29) is 6.10 Å². The lowest BCUT2D eigenvalue weighted by molar-refractivity contribution is -0.00834. The molecule has 1 aliphatic heterocycles. The number of fused-ring (bicyclic) bond motifs is 1. The summed E-state index contributed by atoms with van der Waals surface area (Å²) in [5, 5.41) is 5.49. The number of nitrogens with zero attached hydrogens (tertiary/aromatic N) is 4. The second-order valence-corrected chi connectivity index (χ2v) is 7.76. The van der Waals surface area contributed by atoms with Gasteiger partial charge in [0.25, 0.3) is 0 Å². The van der Waals surface area contributed by atoms with Crippen molar-refractivity contribution < 1.29 is 4.74 Å². The highest BCUT2D eigenvalue weighted by molar-refractivity contribution is 7.15. The second-order valence-electron chi connectivity index (χ2n) is 6.89. The van der Waals surface area contributed by atoms with E-state index in [2.05, 4.69) is 62.8 Å². The molecule has 3 aromatic rings. The third-order valence-electron chi connectivity index (χ3n) is 4.92. The van der Waals surface area contributed by atoms with Gasteiger partial charge in [0.15, 0.2) is 10.9 Å². The molecule has 2 aromatic heterocycles. The Kier molecular flexibility index (Phi) is 5.13. The summed E-state index contributed by atoms with van der Waals surface area (Å²) in [7, 11) is 1.83. The molecule has 1 N–H and O–H groups in total. The Morgan fingerprint density at radius 1 is 1.41 bits per heavy atom. The van der Waals surface area contributed by atoms with Gasteiger partial charge in [0.05, 0.1) is 25.4 Å². The molecule has 1 unspecified atom stereocenters. The standard InChI is InChI=1S/C20H25N5OS/c1-14-4-5-17(15(2)10-14)18-13-24(6-8-26-18)19(21-3)22-11-16-12-25-7-9-27-20(25)23-16/h4-5,7,9-10,12,18H,6,8,11,13H2,1-3H3,(H,21,22). The number of hydrogen-bond acceptors (Lipinski definition) is 4. The van der Waals surface area contributed by atoms with Crippen molar-refractivity contribution in [1.29, 1.82) is 0 Å². The lowest BCUT2D eigenvalue weighted by Gasteiger charge is -2.35. The quantitative estimate of drug-likeness (QED) is 0.558. The molecule has 1 aromatic carbocycles. The molecule has 7 heteroatoms. The number of imidazole rings is 1. The molecule has 0 bridgehead atoms. The van der Waals surface area contributed by atoms with E-state index in [1.54, 1.807) is 11.3 Å². The highest BCUT2D eigenvalue weighted by Crippen LogP contribution is 2.26. The number of hydrogen-bond donors (Lipinski definition) is 1. The van der Waals surface area contributed by atoms with Crippen LogP contribution < -0.4 is 5.32 Å². The number of rotatable bonds is 3. The largest absolute Gasteiger partial charge is 0.370 e. The Morgan fingerprint density at radius 3 is 3.07 bits per heavy atom. The van der Waals surface area contributed by atoms with Gasteiger partial charge in [-0.2, -0.15) is 0 Å². The molecule has 1 saturated heterocycles. The van der Waals surface area contributed by atoms with Crippen molar-refractivity contribution in [3.63, 3.8) is 0 Å². The van der Waals surface area contributed by atoms with Crippen LogP contribution in [-0.2, 0) is 11.3 Å². The number of aliphatic imine (C=N–C) groups is 1. The summed E-state index contributed by atoms with van der Waals surface area (Å²) >= 11 is 1.64. The highest BCUT2D eigenvalue weighted by Gasteiger charge is 2.25. The zero-order valence-corrected chi connectivity index (χ0v) is 16.8. The van der Waals surface area contributed by atoms with Gasteiger partial charge >= 0.3 is 0 Å². The molecule has 27 heavy (non-hydrogen) atoms. The molecule has 0 saturated carbocycles. The van der Waals surface area contributed by atoms with Crippen LogP contribution in [0.2, 0.25) is 0 Å². The summed E-state index contributed by atoms with van der Waals surface area (Å²) in [5.41, 5.74) is 4.83. The van der Waals surface area contributed by atoms with E-state index in [1.807, 2.05) is 18.6 Å². The Morgan fingerprint density at radius 2 is 2.30 bits per heavy atom. The fraction of sp³-hybridized carbons (Fsp3) is 0.400. The first kappa shape index (κ1) is 18.0. The van der Waals surface area contributed by atoms with Crippen molar-refractivity contribution in [3.05, 3.63) is 58.4 Å². The summed E-state index contributed by atoms with van der Waals surface area (Å²) in [6, 6.07) is 6.56. The number of nitrogens with one attached hydrogen (secondary N) is 1. The summed E-state index contributed by atoms with van der Waals surface area (Å²) in [6.07, 6.45) is 4.15. The molecule has 0 radical (unpaired) electrons. The van der Waals surface area contributed by atoms with E-state index >= 15 is 0 Å². The van der Waals surface area contributed by atoms with Crippen molar-refractivity contribution in [2.24, 2.45) is 4.99 Å². The highest BCUT2D eigenvalue weighted by atomic mass is 32.1. The van der Waals surface area contributed by atoms with Crippen LogP contribution >= 0.6 is 11.3 Å². The first-order valence-corrected chi connectivity index (χ1v) is 10.1. The minimum absolute atomic E-state index is 0.0656. The molecular formula is C20H25N5OS. The van der Waals surface area contributed by atoms with Crippen LogP contribution in [0.25, 0.3) is 4.96 Å². The van der Waals surface area contributed by atoms with Crippen LogP contribution in [0.15, 0.2) is 41.0 Å². The van der Waals surface area contributed by atoms with E-state index in [4.69, 9.17) is 4.74 Å². The van der Waals surface area contributed by atoms with Gasteiger partial charge in [0, 0.05) is 31.4 Å². The average molecular weight is 384 g/mol. The molecule has 0 spiro atoms. The maximum absolute atomic E-state index is 6.06. The van der Waals surface area contributed by atoms with E-state index in [1.165, 1.54) is 16.7 Å². The molecule has 3 heterocycles. The molecule has 1 atom stereocenters. The van der Waals surface area contributed by atoms with E-state index in [0.717, 1.165) is 29.7 Å². The molecule has 1 fully saturated rings. The number of guanidine groups is 1. The zero-order chi connectivity index (χ0) is 18.8. The van der Waals surface area contributed by atoms with Crippen LogP contribution in [0.3, 0.4) is 0 Å². The minimum Gasteiger partial charge on any atom is -0.370 e. The van der Waals surface area contributed by atoms with E-state index in [9.17, 15) is 0 Å². The topological polar surface area (TPSA) is 54.2 Å². The molecule has 1 aliphatic rings. The van der Waals surface area contributed by atoms with Gasteiger partial charge in [0.2, 0.25) is 0 Å². The second kappa shape index (κ2) is 7.70. The SMILES string of the molecule is CN=C(NCc1cn2ccsc2n1)N1CCOC(c2ccc(C)cc2C)C1. The van der Waals surface area contributed by atoms with Gasteiger partial charge < -0.3 is 15.0 Å². The Hall–Kier alpha value is -2.38. The number of ether oxygens (including phenoxy) is 1. The fourth-order valence-electron chi connectivity index (χ4n) is 3.58. The van der Waals surface area contributed by atoms with E-state index in [0.29, 0.717) is 13.2 Å². The Balaban J connectivity index is 1.43. The number of morpholine rings is 1. The van der Waals surface area contributed by atoms with Crippen LogP contribution in [0, 0.1) is 13.8 Å². The lowest BCUT2D eigenvalue weighted by atomic mass is 10.00. The maximum Gasteiger partial charge on any atom is 0.194 e. The van der Waals surface area contributed by atoms with Crippen molar-refractivity contribution in [2.75, 3.05) is 26.7 Å². The van der Waals surface area contributed by atoms with Gasteiger partial charge in [-0.15, -0.1) is 11.3 Å². The van der Waals surface area contributed by atoms with Crippen molar-refractivity contribution in [2.45, 2.75) is 26.5 Å². The molecule has 142 valence electrons. The smallest absolute Gasteiger partial charge is 0.194 e. The van der Waals surface area contributed by atoms with Gasteiger partial charge in [-0.25, -0.2) is 4.98 Å². The summed E-state index contributed by atoms with van der Waals surface area (Å²) in [4.78, 5) is 12.4. The third kappa shape index (κ3) is 3.84. The number of thiazole rings is 1. The number of aryl methyl sites for hydroxylation is 2.